The van der Waals surface area contributed by atoms with Gasteiger partial charge in [-0.3, -0.25) is 9.05 Å². The Labute approximate surface area is 711 Å². The van der Waals surface area contributed by atoms with Gasteiger partial charge in [0.1, 0.15) is 0 Å². The Morgan fingerprint density at radius 3 is 0.544 bits per heavy atom. The Bertz CT molecular complexity index is 1850. The molecule has 0 heterocycles. The number of hydrogen-bond acceptors (Lipinski definition) is 13. The van der Waals surface area contributed by atoms with Crippen molar-refractivity contribution in [2.45, 2.75) is 499 Å². The molecule has 0 fully saturated rings. The molecule has 0 aromatic heterocycles. The number of allylic oxidation sites excluding steroid dienone is 6. The lowest BCUT2D eigenvalue weighted by Crippen LogP contribution is -1.95. The van der Waals surface area contributed by atoms with E-state index in [9.17, 15) is 18.9 Å². The molecule has 0 aromatic rings. The van der Waals surface area contributed by atoms with Gasteiger partial charge >= 0.3 is 41.5 Å². The summed E-state index contributed by atoms with van der Waals surface area (Å²) in [6, 6.07) is 0. The van der Waals surface area contributed by atoms with Gasteiger partial charge in [0.2, 0.25) is 0 Å². The average Bonchev–Trinajstić information content (AvgIpc) is 1.01. The average molecular weight is 1730 g/mol. The van der Waals surface area contributed by atoms with Crippen LogP contribution in [0.1, 0.15) is 499 Å². The van der Waals surface area contributed by atoms with E-state index in [1.807, 2.05) is 0 Å². The fourth-order valence-electron chi connectivity index (χ4n) is 12.3. The van der Waals surface area contributed by atoms with Crippen molar-refractivity contribution in [2.75, 3.05) is 52.9 Å². The molecule has 114 heavy (non-hydrogen) atoms. The number of phosphoric acid groups is 2. The maximum Gasteiger partial charge on any atom is 0.469 e. The Hall–Kier alpha value is 0.370. The first kappa shape index (κ1) is 123. The number of unbranched alkanes of at least 4 members (excludes halogenated alkanes) is 56. The molecular formula is C92H193O17P5. The minimum absolute atomic E-state index is 0.155. The summed E-state index contributed by atoms with van der Waals surface area (Å²) >= 11 is 0. The van der Waals surface area contributed by atoms with Gasteiger partial charge in [-0.1, -0.05) is 407 Å². The molecule has 0 amide bonds. The highest BCUT2D eigenvalue weighted by molar-refractivity contribution is 7.46. The molecule has 17 nitrogen and oxygen atoms in total. The molecule has 0 saturated carbocycles. The third-order valence-electron chi connectivity index (χ3n) is 19.6. The van der Waals surface area contributed by atoms with Gasteiger partial charge in [-0.05, 0) is 134 Å². The highest BCUT2D eigenvalue weighted by atomic mass is 31.2. The molecule has 688 valence electrons. The van der Waals surface area contributed by atoms with Gasteiger partial charge in [0.05, 0.1) is 52.9 Å². The molecule has 7 N–H and O–H groups in total. The Kier molecular flexibility index (Phi) is 118. The van der Waals surface area contributed by atoms with E-state index in [-0.39, 0.29) is 13.2 Å². The quantitative estimate of drug-likeness (QED) is 0.0170. The SMILES string of the molecule is CC(C)CCCCCOP(=O)(O)O.CCCCCCCC/C=C\CCCCCCCCOP(=O)(O)O.CCCCCCCC/C=C\CCCCCCCCOP(O)OCCCCCCCC/C=C\CCCCCCCC.CCCCCCCCCCCCOP(O)OCCCCCCCCCC.CCCCOP(O)OCCCC. The van der Waals surface area contributed by atoms with Crippen molar-refractivity contribution < 1.29 is 79.6 Å². The minimum atomic E-state index is -4.26. The molecule has 1 atom stereocenters. The molecule has 22 heteroatoms. The summed E-state index contributed by atoms with van der Waals surface area (Å²) < 4.78 is 61.2. The van der Waals surface area contributed by atoms with E-state index >= 15 is 0 Å². The highest BCUT2D eigenvalue weighted by Gasteiger charge is 2.14. The second-order valence-corrected chi connectivity index (χ2v) is 37.2. The summed E-state index contributed by atoms with van der Waals surface area (Å²) in [5.41, 5.74) is 0. The summed E-state index contributed by atoms with van der Waals surface area (Å²) in [5.74, 6) is 0.697. The first-order valence-corrected chi connectivity index (χ1v) is 54.4. The van der Waals surface area contributed by atoms with Crippen LogP contribution in [0.15, 0.2) is 36.5 Å². The van der Waals surface area contributed by atoms with Gasteiger partial charge < -0.3 is 61.4 Å². The lowest BCUT2D eigenvalue weighted by molar-refractivity contribution is 0.191. The second-order valence-electron chi connectivity index (χ2n) is 31.8. The van der Waals surface area contributed by atoms with Crippen LogP contribution < -0.4 is 0 Å². The third-order valence-corrected chi connectivity index (χ3v) is 23.1. The second kappa shape index (κ2) is 109. The molecule has 0 rings (SSSR count). The molecule has 0 bridgehead atoms. The number of hydrogen-bond donors (Lipinski definition) is 7. The molecule has 0 aliphatic rings. The van der Waals surface area contributed by atoms with E-state index in [1.165, 1.54) is 340 Å². The van der Waals surface area contributed by atoms with Gasteiger partial charge in [0, 0.05) is 0 Å². The topological polar surface area (TPSA) is 250 Å². The Morgan fingerprint density at radius 2 is 0.368 bits per heavy atom. The lowest BCUT2D eigenvalue weighted by Gasteiger charge is -2.10. The molecule has 0 saturated heterocycles. The predicted octanol–water partition coefficient (Wildman–Crippen LogP) is 32.9. The smallest absolute Gasteiger partial charge is 0.328 e. The van der Waals surface area contributed by atoms with Crippen molar-refractivity contribution >= 4 is 41.5 Å². The summed E-state index contributed by atoms with van der Waals surface area (Å²) in [7, 11) is -13.4. The maximum absolute atomic E-state index is 10.5. The van der Waals surface area contributed by atoms with Gasteiger partial charge in [-0.25, -0.2) is 9.13 Å². The van der Waals surface area contributed by atoms with Crippen molar-refractivity contribution in [1.82, 2.24) is 0 Å². The maximum atomic E-state index is 10.5. The summed E-state index contributed by atoms with van der Waals surface area (Å²) in [6.45, 7) is 23.8. The first-order chi connectivity index (χ1) is 55.4. The van der Waals surface area contributed by atoms with Crippen molar-refractivity contribution in [2.24, 2.45) is 5.92 Å². The lowest BCUT2D eigenvalue weighted by atomic mass is 10.1. The van der Waals surface area contributed by atoms with Crippen LogP contribution in [0.4, 0.5) is 0 Å². The number of phosphoric ester groups is 2. The van der Waals surface area contributed by atoms with E-state index in [1.54, 1.807) is 0 Å². The van der Waals surface area contributed by atoms with Crippen LogP contribution in [0, 0.1) is 5.92 Å². The van der Waals surface area contributed by atoms with Crippen LogP contribution in [0.3, 0.4) is 0 Å². The Morgan fingerprint density at radius 1 is 0.219 bits per heavy atom. The minimum Gasteiger partial charge on any atom is -0.328 e. The Balaban J connectivity index is -0.000000465. The van der Waals surface area contributed by atoms with Gasteiger partial charge in [-0.2, -0.15) is 0 Å². The van der Waals surface area contributed by atoms with Gasteiger partial charge in [0.25, 0.3) is 0 Å². The molecular weight excluding hydrogens is 1530 g/mol. The molecule has 0 aliphatic carbocycles. The summed E-state index contributed by atoms with van der Waals surface area (Å²) in [4.78, 5) is 62.5. The van der Waals surface area contributed by atoms with Crippen molar-refractivity contribution in [3.8, 4) is 0 Å². The van der Waals surface area contributed by atoms with Gasteiger partial charge in [0.15, 0.2) is 0 Å². The van der Waals surface area contributed by atoms with Crippen LogP contribution in [0.25, 0.3) is 0 Å². The van der Waals surface area contributed by atoms with E-state index in [0.717, 1.165) is 96.3 Å². The predicted molar refractivity (Wildman–Crippen MR) is 495 cm³/mol. The van der Waals surface area contributed by atoms with E-state index in [0.29, 0.717) is 45.6 Å². The molecule has 0 aromatic carbocycles. The first-order valence-electron chi connectivity index (χ1n) is 48.0. The van der Waals surface area contributed by atoms with E-state index in [2.05, 4.69) is 108 Å². The van der Waals surface area contributed by atoms with Crippen LogP contribution in [-0.4, -0.2) is 87.1 Å². The fraction of sp³-hybridized carbons (Fsp3) is 0.935. The van der Waals surface area contributed by atoms with E-state index in [4.69, 9.17) is 51.6 Å². The number of rotatable bonds is 88. The summed E-state index contributed by atoms with van der Waals surface area (Å²) in [6.07, 6.45) is 99.4. The van der Waals surface area contributed by atoms with Crippen molar-refractivity contribution in [1.29, 1.82) is 0 Å². The largest absolute Gasteiger partial charge is 0.469 e. The van der Waals surface area contributed by atoms with Crippen LogP contribution >= 0.6 is 41.5 Å². The van der Waals surface area contributed by atoms with Gasteiger partial charge in [-0.15, -0.1) is 0 Å². The third kappa shape index (κ3) is 133. The normalized spacial score (nSPS) is 12.2. The zero-order valence-corrected chi connectivity index (χ0v) is 80.7. The monoisotopic (exact) mass is 1730 g/mol. The van der Waals surface area contributed by atoms with Crippen LogP contribution in [0.2, 0.25) is 0 Å². The molecule has 0 radical (unpaired) electrons. The fourth-order valence-corrected chi connectivity index (χ4v) is 15.0. The molecule has 0 spiro atoms. The van der Waals surface area contributed by atoms with Crippen molar-refractivity contribution in [3.05, 3.63) is 36.5 Å². The van der Waals surface area contributed by atoms with Crippen molar-refractivity contribution in [3.63, 3.8) is 0 Å². The molecule has 1 unspecified atom stereocenters. The zero-order chi connectivity index (χ0) is 84.9. The van der Waals surface area contributed by atoms with Crippen LogP contribution in [-0.2, 0) is 45.3 Å². The molecule has 0 aliphatic heterocycles. The van der Waals surface area contributed by atoms with Crippen LogP contribution in [0.5, 0.6) is 0 Å². The highest BCUT2D eigenvalue weighted by Crippen LogP contribution is 2.38. The standard InChI is InChI=1S/C36H71O3P.C22H47O3P.C18H37O4P.C8H19O4P.C8H19O3P/c1-3-5-7-9-11-13-15-17-19-21-23-25-27-29-31-33-35-38-40(37)39-36-34-32-30-28-26-24-22-20-18-16-14-12-10-8-6-4-2;1-3-5-7-9-11-13-14-16-18-20-22-25-26(23)24-21-19-17-15-12-10-8-6-4-2;1-2-3-4-5-6-7-8-9-10-11-12-13-14-15-16-17-18-22-23(19,20)21;1-8(2)6-4-3-5-7-12-13(9,10)11;1-3-5-7-10-12(9)11-8-6-4-2/h17-20,37H,3-16,21-36H2,1-2H3;23H,3-22H2,1-2H3;9-10H,2-8,11-18H2,1H3,(H2,19,20,21);8H,3-7H2,1-2H3,(H2,9,10,11);9H,3-8H2,1-2H3/b19-17-,20-18-;;10-9-;;. The van der Waals surface area contributed by atoms with E-state index < -0.39 is 41.5 Å². The summed E-state index contributed by atoms with van der Waals surface area (Å²) in [5, 5.41) is 0. The zero-order valence-electron chi connectivity index (χ0n) is 76.2.